The highest BCUT2D eigenvalue weighted by Crippen LogP contribution is 2.25. The fourth-order valence-corrected chi connectivity index (χ4v) is 2.32. The molecule has 0 bridgehead atoms. The summed E-state index contributed by atoms with van der Waals surface area (Å²) in [7, 11) is 0. The van der Waals surface area contributed by atoms with Crippen molar-refractivity contribution >= 4 is 28.9 Å². The molecule has 8 heteroatoms. The van der Waals surface area contributed by atoms with Gasteiger partial charge in [0.15, 0.2) is 0 Å². The molecule has 0 aliphatic rings. The van der Waals surface area contributed by atoms with Crippen molar-refractivity contribution in [2.75, 3.05) is 11.1 Å². The van der Waals surface area contributed by atoms with E-state index in [4.69, 9.17) is 21.8 Å². The minimum absolute atomic E-state index is 0.0426. The Hall–Kier alpha value is -2.93. The molecule has 1 aromatic heterocycles. The fourth-order valence-electron chi connectivity index (χ4n) is 2.11. The largest absolute Gasteiger partial charge is 0.421 e. The zero-order valence-electron chi connectivity index (χ0n) is 12.5. The van der Waals surface area contributed by atoms with Crippen LogP contribution >= 0.6 is 11.6 Å². The third-order valence-corrected chi connectivity index (χ3v) is 3.45. The molecule has 6 nitrogen and oxygen atoms in total. The van der Waals surface area contributed by atoms with E-state index >= 15 is 0 Å². The summed E-state index contributed by atoms with van der Waals surface area (Å²) in [5, 5.41) is 10.4. The van der Waals surface area contributed by atoms with Crippen molar-refractivity contribution in [3.8, 4) is 11.5 Å². The maximum absolute atomic E-state index is 13.6. The molecular weight excluding hydrogens is 335 g/mol. The predicted molar refractivity (Wildman–Crippen MR) is 88.2 cm³/mol. The zero-order valence-corrected chi connectivity index (χ0v) is 13.3. The molecule has 0 spiro atoms. The van der Waals surface area contributed by atoms with Crippen LogP contribution in [0.25, 0.3) is 11.5 Å². The molecule has 0 fully saturated rings. The fraction of sp³-hybridized carbons (Fsp3) is 0.0625. The van der Waals surface area contributed by atoms with Gasteiger partial charge in [0.05, 0.1) is 11.3 Å². The molecule has 3 N–H and O–H groups in total. The minimum atomic E-state index is -0.747. The Kier molecular flexibility index (Phi) is 4.18. The van der Waals surface area contributed by atoms with Gasteiger partial charge in [-0.3, -0.25) is 4.79 Å². The van der Waals surface area contributed by atoms with Gasteiger partial charge < -0.3 is 15.5 Å². The van der Waals surface area contributed by atoms with Crippen LogP contribution < -0.4 is 11.1 Å². The summed E-state index contributed by atoms with van der Waals surface area (Å²) in [6.45, 7) is 1.68. The lowest BCUT2D eigenvalue weighted by molar-refractivity contribution is 0.102. The van der Waals surface area contributed by atoms with E-state index in [1.54, 1.807) is 31.2 Å². The number of hydrogen-bond donors (Lipinski definition) is 2. The maximum atomic E-state index is 13.6. The number of nitrogens with two attached hydrogens (primary N) is 1. The average Bonchev–Trinajstić information content (AvgIpc) is 2.97. The van der Waals surface area contributed by atoms with Crippen molar-refractivity contribution in [1.29, 1.82) is 0 Å². The summed E-state index contributed by atoms with van der Waals surface area (Å²) in [6, 6.07) is 9.15. The lowest BCUT2D eigenvalue weighted by Gasteiger charge is -2.09. The topological polar surface area (TPSA) is 94.0 Å². The van der Waals surface area contributed by atoms with Crippen molar-refractivity contribution in [3.05, 3.63) is 58.7 Å². The molecule has 0 aliphatic carbocycles. The Bertz CT molecular complexity index is 926. The average molecular weight is 347 g/mol. The van der Waals surface area contributed by atoms with E-state index in [-0.39, 0.29) is 16.3 Å². The summed E-state index contributed by atoms with van der Waals surface area (Å²) in [5.74, 6) is -0.561. The van der Waals surface area contributed by atoms with Crippen molar-refractivity contribution in [3.63, 3.8) is 0 Å². The summed E-state index contributed by atoms with van der Waals surface area (Å²) >= 11 is 5.77. The number of halogens is 2. The Morgan fingerprint density at radius 2 is 2.08 bits per heavy atom. The van der Waals surface area contributed by atoms with Gasteiger partial charge in [0.25, 0.3) is 5.91 Å². The number of benzene rings is 2. The molecule has 1 amide bonds. The monoisotopic (exact) mass is 346 g/mol. The zero-order chi connectivity index (χ0) is 17.3. The Balaban J connectivity index is 1.88. The predicted octanol–water partition coefficient (Wildman–Crippen LogP) is 3.67. The van der Waals surface area contributed by atoms with E-state index in [9.17, 15) is 9.18 Å². The molecule has 122 valence electrons. The number of rotatable bonds is 3. The van der Waals surface area contributed by atoms with Crippen molar-refractivity contribution < 1.29 is 13.6 Å². The lowest BCUT2D eigenvalue weighted by atomic mass is 10.1. The van der Waals surface area contributed by atoms with Crippen molar-refractivity contribution in [2.24, 2.45) is 0 Å². The van der Waals surface area contributed by atoms with E-state index in [0.717, 1.165) is 6.07 Å². The Labute approximate surface area is 141 Å². The van der Waals surface area contributed by atoms with Crippen molar-refractivity contribution in [1.82, 2.24) is 10.2 Å². The first kappa shape index (κ1) is 15.9. The van der Waals surface area contributed by atoms with Gasteiger partial charge in [-0.25, -0.2) is 4.39 Å². The van der Waals surface area contributed by atoms with Gasteiger partial charge >= 0.3 is 0 Å². The summed E-state index contributed by atoms with van der Waals surface area (Å²) < 4.78 is 19.0. The van der Waals surface area contributed by atoms with Gasteiger partial charge in [0.1, 0.15) is 5.82 Å². The molecule has 2 aromatic carbocycles. The van der Waals surface area contributed by atoms with Crippen LogP contribution in [0.15, 0.2) is 40.8 Å². The second kappa shape index (κ2) is 6.29. The quantitative estimate of drug-likeness (QED) is 0.705. The van der Waals surface area contributed by atoms with E-state index in [2.05, 4.69) is 15.5 Å². The number of carbonyl (C=O) groups is 1. The van der Waals surface area contributed by atoms with Crippen LogP contribution in [0.5, 0.6) is 0 Å². The first-order chi connectivity index (χ1) is 11.4. The molecule has 3 rings (SSSR count). The number of hydrogen-bond acceptors (Lipinski definition) is 5. The van der Waals surface area contributed by atoms with E-state index in [1.165, 1.54) is 6.07 Å². The van der Waals surface area contributed by atoms with Crippen molar-refractivity contribution in [2.45, 2.75) is 6.92 Å². The molecule has 0 aliphatic heterocycles. The van der Waals surface area contributed by atoms with Gasteiger partial charge in [0.2, 0.25) is 11.8 Å². The molecular formula is C16H12ClFN4O2. The normalized spacial score (nSPS) is 10.6. The first-order valence-electron chi connectivity index (χ1n) is 6.90. The highest BCUT2D eigenvalue weighted by atomic mass is 35.5. The third kappa shape index (κ3) is 3.21. The number of carbonyl (C=O) groups excluding carboxylic acids is 1. The van der Waals surface area contributed by atoms with Gasteiger partial charge in [-0.15, -0.1) is 10.2 Å². The third-order valence-electron chi connectivity index (χ3n) is 3.23. The van der Waals surface area contributed by atoms with Crippen LogP contribution in [-0.4, -0.2) is 16.1 Å². The number of anilines is 2. The highest BCUT2D eigenvalue weighted by molar-refractivity contribution is 6.31. The second-order valence-electron chi connectivity index (χ2n) is 5.01. The van der Waals surface area contributed by atoms with Gasteiger partial charge in [-0.1, -0.05) is 17.7 Å². The second-order valence-corrected chi connectivity index (χ2v) is 5.45. The highest BCUT2D eigenvalue weighted by Gasteiger charge is 2.15. The first-order valence-corrected chi connectivity index (χ1v) is 7.28. The maximum Gasteiger partial charge on any atom is 0.257 e. The molecule has 1 heterocycles. The SMILES string of the molecule is Cc1nnc(-c2cccc(NC(=O)c3cc(Cl)cc(F)c3N)c2)o1. The molecule has 24 heavy (non-hydrogen) atoms. The van der Waals surface area contributed by atoms with Gasteiger partial charge in [0, 0.05) is 23.2 Å². The van der Waals surface area contributed by atoms with Crippen LogP contribution in [0.1, 0.15) is 16.2 Å². The molecule has 0 saturated carbocycles. The van der Waals surface area contributed by atoms with E-state index < -0.39 is 11.7 Å². The smallest absolute Gasteiger partial charge is 0.257 e. The number of nitrogens with one attached hydrogen (secondary N) is 1. The standard InChI is InChI=1S/C16H12ClFN4O2/c1-8-21-22-16(24-8)9-3-2-4-11(5-9)20-15(23)12-6-10(17)7-13(18)14(12)19/h2-7H,19H2,1H3,(H,20,23). The van der Waals surface area contributed by atoms with Crippen LogP contribution in [0.4, 0.5) is 15.8 Å². The van der Waals surface area contributed by atoms with Crippen LogP contribution in [0.3, 0.4) is 0 Å². The van der Waals surface area contributed by atoms with E-state index in [0.29, 0.717) is 23.0 Å². The summed E-state index contributed by atoms with van der Waals surface area (Å²) in [6.07, 6.45) is 0. The summed E-state index contributed by atoms with van der Waals surface area (Å²) in [5.41, 5.74) is 6.40. The molecule has 0 unspecified atom stereocenters. The lowest BCUT2D eigenvalue weighted by Crippen LogP contribution is -2.15. The Morgan fingerprint density at radius 1 is 1.29 bits per heavy atom. The number of nitrogens with zero attached hydrogens (tertiary/aromatic N) is 2. The van der Waals surface area contributed by atoms with Gasteiger partial charge in [-0.05, 0) is 30.3 Å². The van der Waals surface area contributed by atoms with Crippen LogP contribution in [0.2, 0.25) is 5.02 Å². The molecule has 3 aromatic rings. The van der Waals surface area contributed by atoms with Gasteiger partial charge in [-0.2, -0.15) is 0 Å². The Morgan fingerprint density at radius 3 is 2.79 bits per heavy atom. The number of aryl methyl sites for hydroxylation is 1. The van der Waals surface area contributed by atoms with Crippen LogP contribution in [0, 0.1) is 12.7 Å². The minimum Gasteiger partial charge on any atom is -0.421 e. The molecule has 0 radical (unpaired) electrons. The summed E-state index contributed by atoms with van der Waals surface area (Å²) in [4.78, 5) is 12.3. The number of nitrogen functional groups attached to an aromatic ring is 1. The number of aromatic nitrogens is 2. The number of amides is 1. The molecule has 0 atom stereocenters. The van der Waals surface area contributed by atoms with E-state index in [1.807, 2.05) is 0 Å². The van der Waals surface area contributed by atoms with Crippen LogP contribution in [-0.2, 0) is 0 Å². The molecule has 0 saturated heterocycles.